The Kier molecular flexibility index (Phi) is 2.93. The van der Waals surface area contributed by atoms with Crippen molar-refractivity contribution in [2.75, 3.05) is 0 Å². The average Bonchev–Trinajstić information content (AvgIpc) is 3.08. The van der Waals surface area contributed by atoms with Crippen molar-refractivity contribution in [3.63, 3.8) is 0 Å². The van der Waals surface area contributed by atoms with Gasteiger partial charge in [-0.05, 0) is 18.8 Å². The Bertz CT molecular complexity index is 504. The normalized spacial score (nSPS) is 15.1. The molecule has 0 N–H and O–H groups in total. The van der Waals surface area contributed by atoms with Crippen molar-refractivity contribution >= 4 is 15.9 Å². The third kappa shape index (κ3) is 2.39. The van der Waals surface area contributed by atoms with E-state index in [4.69, 9.17) is 0 Å². The van der Waals surface area contributed by atoms with Gasteiger partial charge in [-0.2, -0.15) is 5.10 Å². The van der Waals surface area contributed by atoms with Crippen LogP contribution >= 0.6 is 15.9 Å². The van der Waals surface area contributed by atoms with Crippen LogP contribution in [0, 0.1) is 5.92 Å². The van der Waals surface area contributed by atoms with Crippen LogP contribution in [0.1, 0.15) is 18.4 Å². The van der Waals surface area contributed by atoms with E-state index in [0.29, 0.717) is 0 Å². The number of rotatable bonds is 4. The maximum absolute atomic E-state index is 4.62. The summed E-state index contributed by atoms with van der Waals surface area (Å²) in [5.74, 6) is 0.827. The molecular formula is C12H13BrN4. The van der Waals surface area contributed by atoms with Gasteiger partial charge in [-0.3, -0.25) is 14.6 Å². The molecule has 1 aliphatic rings. The molecule has 0 spiro atoms. The lowest BCUT2D eigenvalue weighted by atomic mass is 10.2. The summed E-state index contributed by atoms with van der Waals surface area (Å²) in [6, 6.07) is 0. The molecule has 1 saturated carbocycles. The molecule has 4 nitrogen and oxygen atoms in total. The second-order valence-electron chi connectivity index (χ2n) is 4.39. The van der Waals surface area contributed by atoms with E-state index in [9.17, 15) is 0 Å². The summed E-state index contributed by atoms with van der Waals surface area (Å²) in [6.07, 6.45) is 9.92. The molecule has 1 fully saturated rings. The van der Waals surface area contributed by atoms with Crippen molar-refractivity contribution in [1.82, 2.24) is 19.7 Å². The Balaban J connectivity index is 1.94. The van der Waals surface area contributed by atoms with E-state index in [1.807, 2.05) is 4.68 Å². The van der Waals surface area contributed by atoms with E-state index in [-0.39, 0.29) is 0 Å². The van der Waals surface area contributed by atoms with Gasteiger partial charge < -0.3 is 0 Å². The van der Waals surface area contributed by atoms with E-state index in [1.165, 1.54) is 18.4 Å². The van der Waals surface area contributed by atoms with Gasteiger partial charge in [0, 0.05) is 36.0 Å². The third-order valence-corrected chi connectivity index (χ3v) is 3.53. The average molecular weight is 293 g/mol. The quantitative estimate of drug-likeness (QED) is 0.814. The van der Waals surface area contributed by atoms with Gasteiger partial charge >= 0.3 is 0 Å². The molecule has 0 bridgehead atoms. The van der Waals surface area contributed by atoms with Crippen molar-refractivity contribution in [2.45, 2.75) is 24.7 Å². The van der Waals surface area contributed by atoms with Gasteiger partial charge in [-0.15, -0.1) is 0 Å². The molecule has 0 saturated heterocycles. The molecule has 2 aromatic heterocycles. The highest BCUT2D eigenvalue weighted by atomic mass is 79.9. The summed E-state index contributed by atoms with van der Waals surface area (Å²) in [5, 5.41) is 5.41. The van der Waals surface area contributed by atoms with Gasteiger partial charge in [0.1, 0.15) is 11.4 Å². The molecule has 0 unspecified atom stereocenters. The molecule has 2 aromatic rings. The maximum Gasteiger partial charge on any atom is 0.116 e. The summed E-state index contributed by atoms with van der Waals surface area (Å²) in [6.45, 7) is 1.03. The van der Waals surface area contributed by atoms with E-state index in [0.717, 1.165) is 29.2 Å². The Morgan fingerprint density at radius 3 is 2.88 bits per heavy atom. The first-order chi connectivity index (χ1) is 8.36. The van der Waals surface area contributed by atoms with Crippen LogP contribution in [0.3, 0.4) is 0 Å². The van der Waals surface area contributed by atoms with Crippen LogP contribution < -0.4 is 0 Å². The Morgan fingerprint density at radius 1 is 1.35 bits per heavy atom. The largest absolute Gasteiger partial charge is 0.271 e. The van der Waals surface area contributed by atoms with Crippen molar-refractivity contribution in [2.24, 2.45) is 5.92 Å². The molecule has 0 radical (unpaired) electrons. The fraction of sp³-hybridized carbons (Fsp3) is 0.417. The van der Waals surface area contributed by atoms with Crippen LogP contribution in [-0.4, -0.2) is 19.7 Å². The van der Waals surface area contributed by atoms with Gasteiger partial charge in [-0.1, -0.05) is 15.9 Å². The lowest BCUT2D eigenvalue weighted by molar-refractivity contribution is 0.564. The Hall–Kier alpha value is -1.23. The standard InChI is InChI=1S/C12H13BrN4/c13-5-10-8-17(7-9-1-2-9)16-12(10)11-6-14-3-4-15-11/h3-4,6,8-9H,1-2,5,7H2. The Labute approximate surface area is 108 Å². The second kappa shape index (κ2) is 4.56. The Morgan fingerprint density at radius 2 is 2.24 bits per heavy atom. The van der Waals surface area contributed by atoms with Crippen LogP contribution in [0.4, 0.5) is 0 Å². The monoisotopic (exact) mass is 292 g/mol. The van der Waals surface area contributed by atoms with Crippen molar-refractivity contribution < 1.29 is 0 Å². The zero-order chi connectivity index (χ0) is 11.7. The molecule has 3 rings (SSSR count). The van der Waals surface area contributed by atoms with Crippen LogP contribution in [0.2, 0.25) is 0 Å². The van der Waals surface area contributed by atoms with Gasteiger partial charge in [-0.25, -0.2) is 0 Å². The van der Waals surface area contributed by atoms with Crippen LogP contribution in [0.15, 0.2) is 24.8 Å². The first-order valence-corrected chi connectivity index (χ1v) is 6.87. The van der Waals surface area contributed by atoms with E-state index in [2.05, 4.69) is 37.2 Å². The second-order valence-corrected chi connectivity index (χ2v) is 4.95. The molecule has 1 aliphatic carbocycles. The molecule has 0 atom stereocenters. The van der Waals surface area contributed by atoms with E-state index in [1.54, 1.807) is 18.6 Å². The molecule has 88 valence electrons. The minimum atomic E-state index is 0.795. The van der Waals surface area contributed by atoms with Crippen LogP contribution in [0.25, 0.3) is 11.4 Å². The fourth-order valence-electron chi connectivity index (χ4n) is 1.86. The summed E-state index contributed by atoms with van der Waals surface area (Å²) in [7, 11) is 0. The molecule has 0 aromatic carbocycles. The minimum absolute atomic E-state index is 0.795. The predicted octanol–water partition coefficient (Wildman–Crippen LogP) is 2.65. The molecule has 0 aliphatic heterocycles. The molecule has 0 amide bonds. The summed E-state index contributed by atoms with van der Waals surface area (Å²) in [5.41, 5.74) is 2.96. The minimum Gasteiger partial charge on any atom is -0.271 e. The summed E-state index contributed by atoms with van der Waals surface area (Å²) >= 11 is 3.50. The number of hydrogen-bond donors (Lipinski definition) is 0. The van der Waals surface area contributed by atoms with Crippen LogP contribution in [-0.2, 0) is 11.9 Å². The summed E-state index contributed by atoms with van der Waals surface area (Å²) in [4.78, 5) is 8.40. The highest BCUT2D eigenvalue weighted by molar-refractivity contribution is 9.08. The predicted molar refractivity (Wildman–Crippen MR) is 68.6 cm³/mol. The SMILES string of the molecule is BrCc1cn(CC2CC2)nc1-c1cnccn1. The fourth-order valence-corrected chi connectivity index (χ4v) is 2.27. The molecule has 5 heteroatoms. The number of hydrogen-bond acceptors (Lipinski definition) is 3. The topological polar surface area (TPSA) is 43.6 Å². The van der Waals surface area contributed by atoms with Crippen molar-refractivity contribution in [1.29, 1.82) is 0 Å². The van der Waals surface area contributed by atoms with Crippen molar-refractivity contribution in [3.8, 4) is 11.4 Å². The number of aromatic nitrogens is 4. The first kappa shape index (κ1) is 10.9. The lowest BCUT2D eigenvalue weighted by Crippen LogP contribution is -2.00. The number of alkyl halides is 1. The van der Waals surface area contributed by atoms with E-state index < -0.39 is 0 Å². The molecule has 17 heavy (non-hydrogen) atoms. The van der Waals surface area contributed by atoms with Crippen LogP contribution in [0.5, 0.6) is 0 Å². The highest BCUT2D eigenvalue weighted by Crippen LogP contribution is 2.31. The van der Waals surface area contributed by atoms with Gasteiger partial charge in [0.2, 0.25) is 0 Å². The zero-order valence-corrected chi connectivity index (χ0v) is 11.0. The lowest BCUT2D eigenvalue weighted by Gasteiger charge is -1.97. The van der Waals surface area contributed by atoms with Gasteiger partial charge in [0.15, 0.2) is 0 Å². The maximum atomic E-state index is 4.62. The molecular weight excluding hydrogens is 280 g/mol. The first-order valence-electron chi connectivity index (χ1n) is 5.75. The summed E-state index contributed by atoms with van der Waals surface area (Å²) < 4.78 is 2.04. The van der Waals surface area contributed by atoms with Gasteiger partial charge in [0.05, 0.1) is 6.20 Å². The number of halogens is 1. The zero-order valence-electron chi connectivity index (χ0n) is 9.38. The van der Waals surface area contributed by atoms with Crippen molar-refractivity contribution in [3.05, 3.63) is 30.4 Å². The van der Waals surface area contributed by atoms with E-state index >= 15 is 0 Å². The smallest absolute Gasteiger partial charge is 0.116 e. The number of nitrogens with zero attached hydrogens (tertiary/aromatic N) is 4. The van der Waals surface area contributed by atoms with Gasteiger partial charge in [0.25, 0.3) is 0 Å². The third-order valence-electron chi connectivity index (χ3n) is 2.93. The highest BCUT2D eigenvalue weighted by Gasteiger charge is 2.23. The molecule has 2 heterocycles.